The summed E-state index contributed by atoms with van der Waals surface area (Å²) in [6.07, 6.45) is 8.26. The molecule has 2 aliphatic carbocycles. The topological polar surface area (TPSA) is 29.9 Å². The van der Waals surface area contributed by atoms with Gasteiger partial charge in [-0.1, -0.05) is 18.5 Å². The van der Waals surface area contributed by atoms with Crippen LogP contribution in [0.5, 0.6) is 0 Å². The number of nitrogens with one attached hydrogen (secondary N) is 1. The second-order valence-corrected chi connectivity index (χ2v) is 6.13. The highest BCUT2D eigenvalue weighted by atomic mass is 35.5. The molecule has 2 saturated carbocycles. The first kappa shape index (κ1) is 12.5. The average Bonchev–Trinajstić information content (AvgIpc) is 3.08. The number of halogens is 1. The molecule has 4 heteroatoms. The average molecular weight is 268 g/mol. The van der Waals surface area contributed by atoms with Crippen LogP contribution in [0.2, 0.25) is 5.02 Å². The molecule has 0 radical (unpaired) electrons. The lowest BCUT2D eigenvalue weighted by atomic mass is 9.71. The molecule has 0 saturated heterocycles. The van der Waals surface area contributed by atoms with Crippen LogP contribution in [-0.4, -0.2) is 22.4 Å². The number of hydrogen-bond donors (Lipinski definition) is 1. The van der Waals surface area contributed by atoms with Gasteiger partial charge in [0.2, 0.25) is 0 Å². The molecule has 1 N–H and O–H groups in total. The fraction of sp³-hybridized carbons (Fsp3) is 0.786. The minimum atomic E-state index is 0.623. The zero-order chi connectivity index (χ0) is 12.5. The van der Waals surface area contributed by atoms with Crippen molar-refractivity contribution in [3.05, 3.63) is 16.9 Å². The molecule has 2 fully saturated rings. The zero-order valence-corrected chi connectivity index (χ0v) is 11.8. The van der Waals surface area contributed by atoms with Gasteiger partial charge in [0.1, 0.15) is 0 Å². The normalized spacial score (nSPS) is 27.2. The molecular weight excluding hydrogens is 246 g/mol. The van der Waals surface area contributed by atoms with Crippen LogP contribution in [0.3, 0.4) is 0 Å². The Hall–Kier alpha value is -0.540. The molecule has 0 bridgehead atoms. The van der Waals surface area contributed by atoms with Gasteiger partial charge in [-0.25, -0.2) is 0 Å². The van der Waals surface area contributed by atoms with Gasteiger partial charge < -0.3 is 5.32 Å². The molecular formula is C14H22ClN3. The Balaban J connectivity index is 1.67. The molecule has 2 aliphatic rings. The van der Waals surface area contributed by atoms with E-state index in [1.54, 1.807) is 0 Å². The maximum absolute atomic E-state index is 6.32. The zero-order valence-electron chi connectivity index (χ0n) is 11.0. The lowest BCUT2D eigenvalue weighted by Crippen LogP contribution is -2.36. The van der Waals surface area contributed by atoms with E-state index >= 15 is 0 Å². The molecule has 100 valence electrons. The van der Waals surface area contributed by atoms with Crippen LogP contribution in [0, 0.1) is 5.92 Å². The van der Waals surface area contributed by atoms with Crippen LogP contribution >= 0.6 is 11.6 Å². The first-order valence-corrected chi connectivity index (χ1v) is 7.62. The summed E-state index contributed by atoms with van der Waals surface area (Å²) in [6.45, 7) is 4.33. The number of aryl methyl sites for hydroxylation is 1. The Morgan fingerprint density at radius 3 is 2.83 bits per heavy atom. The third kappa shape index (κ3) is 2.43. The van der Waals surface area contributed by atoms with E-state index in [9.17, 15) is 0 Å². The van der Waals surface area contributed by atoms with E-state index in [0.717, 1.165) is 36.5 Å². The Morgan fingerprint density at radius 2 is 2.22 bits per heavy atom. The lowest BCUT2D eigenvalue weighted by molar-refractivity contribution is 0.233. The molecule has 1 heterocycles. The van der Waals surface area contributed by atoms with Gasteiger partial charge in [-0.05, 0) is 44.6 Å². The Kier molecular flexibility index (Phi) is 3.62. The largest absolute Gasteiger partial charge is 0.314 e. The molecule has 1 aromatic heterocycles. The number of hydrogen-bond acceptors (Lipinski definition) is 2. The summed E-state index contributed by atoms with van der Waals surface area (Å²) in [5.41, 5.74) is 1.28. The molecule has 1 aromatic rings. The van der Waals surface area contributed by atoms with Crippen LogP contribution in [0.15, 0.2) is 6.20 Å². The Labute approximate surface area is 114 Å². The molecule has 0 spiro atoms. The fourth-order valence-corrected chi connectivity index (χ4v) is 3.19. The summed E-state index contributed by atoms with van der Waals surface area (Å²) in [4.78, 5) is 0. The van der Waals surface area contributed by atoms with Gasteiger partial charge in [0.25, 0.3) is 0 Å². The summed E-state index contributed by atoms with van der Waals surface area (Å²) >= 11 is 6.32. The highest BCUT2D eigenvalue weighted by Crippen LogP contribution is 2.44. The van der Waals surface area contributed by atoms with Crippen molar-refractivity contribution in [1.82, 2.24) is 15.1 Å². The van der Waals surface area contributed by atoms with Crippen molar-refractivity contribution in [2.24, 2.45) is 5.92 Å². The van der Waals surface area contributed by atoms with Crippen molar-refractivity contribution in [1.29, 1.82) is 0 Å². The van der Waals surface area contributed by atoms with Crippen molar-refractivity contribution in [3.63, 3.8) is 0 Å². The number of rotatable bonds is 6. The SMILES string of the molecule is CCCn1ncc(Cl)c1C1CCC1CNC1CC1. The molecule has 2 unspecified atom stereocenters. The van der Waals surface area contributed by atoms with Crippen LogP contribution in [-0.2, 0) is 6.54 Å². The predicted molar refractivity (Wildman–Crippen MR) is 74.0 cm³/mol. The Morgan fingerprint density at radius 1 is 1.39 bits per heavy atom. The lowest BCUT2D eigenvalue weighted by Gasteiger charge is -2.37. The molecule has 0 aliphatic heterocycles. The summed E-state index contributed by atoms with van der Waals surface area (Å²) in [7, 11) is 0. The minimum absolute atomic E-state index is 0.623. The fourth-order valence-electron chi connectivity index (χ4n) is 2.91. The molecule has 3 nitrogen and oxygen atoms in total. The number of nitrogens with zero attached hydrogens (tertiary/aromatic N) is 2. The van der Waals surface area contributed by atoms with Gasteiger partial charge >= 0.3 is 0 Å². The first-order valence-electron chi connectivity index (χ1n) is 7.24. The van der Waals surface area contributed by atoms with Crippen molar-refractivity contribution < 1.29 is 0 Å². The summed E-state index contributed by atoms with van der Waals surface area (Å²) in [5, 5.41) is 8.93. The van der Waals surface area contributed by atoms with Crippen molar-refractivity contribution in [3.8, 4) is 0 Å². The summed E-state index contributed by atoms with van der Waals surface area (Å²) in [6, 6.07) is 0.808. The quantitative estimate of drug-likeness (QED) is 0.858. The van der Waals surface area contributed by atoms with Gasteiger partial charge in [-0.2, -0.15) is 5.10 Å². The molecule has 0 amide bonds. The van der Waals surface area contributed by atoms with Crippen molar-refractivity contribution in [2.45, 2.75) is 57.5 Å². The van der Waals surface area contributed by atoms with Crippen molar-refractivity contribution in [2.75, 3.05) is 6.54 Å². The minimum Gasteiger partial charge on any atom is -0.314 e. The maximum atomic E-state index is 6.32. The predicted octanol–water partition coefficient (Wildman–Crippen LogP) is 3.19. The molecule has 3 rings (SSSR count). The van der Waals surface area contributed by atoms with Gasteiger partial charge in [-0.3, -0.25) is 4.68 Å². The van der Waals surface area contributed by atoms with E-state index < -0.39 is 0 Å². The van der Waals surface area contributed by atoms with Crippen LogP contribution in [0.25, 0.3) is 0 Å². The Bertz CT molecular complexity index is 411. The highest BCUT2D eigenvalue weighted by Gasteiger charge is 2.36. The van der Waals surface area contributed by atoms with Crippen LogP contribution < -0.4 is 5.32 Å². The highest BCUT2D eigenvalue weighted by molar-refractivity contribution is 6.31. The monoisotopic (exact) mass is 267 g/mol. The van der Waals surface area contributed by atoms with Crippen LogP contribution in [0.1, 0.15) is 50.6 Å². The smallest absolute Gasteiger partial charge is 0.0820 e. The van der Waals surface area contributed by atoms with Crippen LogP contribution in [0.4, 0.5) is 0 Å². The summed E-state index contributed by atoms with van der Waals surface area (Å²) in [5.74, 6) is 1.38. The van der Waals surface area contributed by atoms with Gasteiger partial charge in [-0.15, -0.1) is 0 Å². The van der Waals surface area contributed by atoms with Gasteiger partial charge in [0, 0.05) is 18.5 Å². The molecule has 2 atom stereocenters. The van der Waals surface area contributed by atoms with Gasteiger partial charge in [0.15, 0.2) is 0 Å². The van der Waals surface area contributed by atoms with Gasteiger partial charge in [0.05, 0.1) is 16.9 Å². The molecule has 0 aromatic carbocycles. The van der Waals surface area contributed by atoms with E-state index in [0.29, 0.717) is 5.92 Å². The van der Waals surface area contributed by atoms with E-state index in [1.165, 1.54) is 31.4 Å². The van der Waals surface area contributed by atoms with E-state index in [1.807, 2.05) is 6.20 Å². The first-order chi connectivity index (χ1) is 8.79. The number of aromatic nitrogens is 2. The third-order valence-corrected chi connectivity index (χ3v) is 4.57. The van der Waals surface area contributed by atoms with Crippen molar-refractivity contribution >= 4 is 11.6 Å². The van der Waals surface area contributed by atoms with E-state index in [4.69, 9.17) is 11.6 Å². The second-order valence-electron chi connectivity index (χ2n) is 5.73. The summed E-state index contributed by atoms with van der Waals surface area (Å²) < 4.78 is 2.12. The standard InChI is InChI=1S/C14H22ClN3/c1-2-7-18-14(13(15)9-17-18)12-6-3-10(12)8-16-11-4-5-11/h9-12,16H,2-8H2,1H3. The maximum Gasteiger partial charge on any atom is 0.0820 e. The second kappa shape index (κ2) is 5.22. The third-order valence-electron chi connectivity index (χ3n) is 4.28. The van der Waals surface area contributed by atoms with E-state index in [-0.39, 0.29) is 0 Å². The van der Waals surface area contributed by atoms with E-state index in [2.05, 4.69) is 22.0 Å². The molecule has 18 heavy (non-hydrogen) atoms.